The van der Waals surface area contributed by atoms with Crippen LogP contribution in [0.2, 0.25) is 0 Å². The quantitative estimate of drug-likeness (QED) is 0.282. The highest BCUT2D eigenvalue weighted by atomic mass is 16.5. The summed E-state index contributed by atoms with van der Waals surface area (Å²) in [7, 11) is 0. The number of rotatable bonds is 8. The zero-order valence-corrected chi connectivity index (χ0v) is 8.66. The molecule has 0 aromatic carbocycles. The van der Waals surface area contributed by atoms with E-state index in [9.17, 15) is 4.79 Å². The van der Waals surface area contributed by atoms with E-state index in [1.807, 2.05) is 0 Å². The highest BCUT2D eigenvalue weighted by Gasteiger charge is 2.06. The number of carboxylic acids is 1. The van der Waals surface area contributed by atoms with Gasteiger partial charge in [-0.2, -0.15) is 0 Å². The van der Waals surface area contributed by atoms with Crippen molar-refractivity contribution in [3.05, 3.63) is 24.5 Å². The maximum Gasteiger partial charge on any atom is 0.370 e. The zero-order valence-electron chi connectivity index (χ0n) is 8.66. The van der Waals surface area contributed by atoms with Gasteiger partial charge in [0.15, 0.2) is 0 Å². The van der Waals surface area contributed by atoms with E-state index in [1.54, 1.807) is 6.08 Å². The summed E-state index contributed by atoms with van der Waals surface area (Å²) in [5, 5.41) is 8.73. The summed E-state index contributed by atoms with van der Waals surface area (Å²) in [6.07, 6.45) is 6.75. The first kappa shape index (κ1) is 12.8. The van der Waals surface area contributed by atoms with Gasteiger partial charge in [-0.15, -0.1) is 6.58 Å². The van der Waals surface area contributed by atoms with Gasteiger partial charge in [0.2, 0.25) is 5.76 Å². The van der Waals surface area contributed by atoms with Crippen LogP contribution in [0, 0.1) is 0 Å². The summed E-state index contributed by atoms with van der Waals surface area (Å²) in [6, 6.07) is 0. The fraction of sp³-hybridized carbons (Fsp3) is 0.545. The largest absolute Gasteiger partial charge is 0.487 e. The van der Waals surface area contributed by atoms with Crippen LogP contribution in [0.4, 0.5) is 0 Å². The second-order valence-corrected chi connectivity index (χ2v) is 2.95. The summed E-state index contributed by atoms with van der Waals surface area (Å²) in [5.74, 6) is -0.982. The molecule has 0 fully saturated rings. The van der Waals surface area contributed by atoms with Crippen molar-refractivity contribution in [1.29, 1.82) is 0 Å². The molecule has 0 saturated carbocycles. The van der Waals surface area contributed by atoms with Crippen molar-refractivity contribution in [2.75, 3.05) is 6.61 Å². The number of unbranched alkanes of at least 4 members (excludes halogenated alkanes) is 2. The summed E-state index contributed by atoms with van der Waals surface area (Å²) in [5.41, 5.74) is 0. The summed E-state index contributed by atoms with van der Waals surface area (Å²) in [4.78, 5) is 10.6. The van der Waals surface area contributed by atoms with Gasteiger partial charge in [-0.05, 0) is 18.9 Å². The highest BCUT2D eigenvalue weighted by Crippen LogP contribution is 2.03. The number of carboxylic acid groups (broad SMARTS) is 1. The van der Waals surface area contributed by atoms with Crippen molar-refractivity contribution in [3.8, 4) is 0 Å². The second-order valence-electron chi connectivity index (χ2n) is 2.95. The van der Waals surface area contributed by atoms with Crippen LogP contribution in [0.1, 0.15) is 32.6 Å². The van der Waals surface area contributed by atoms with Crippen molar-refractivity contribution in [2.24, 2.45) is 0 Å². The number of carbonyl (C=O) groups is 1. The first-order valence-corrected chi connectivity index (χ1v) is 4.89. The monoisotopic (exact) mass is 198 g/mol. The molecule has 14 heavy (non-hydrogen) atoms. The highest BCUT2D eigenvalue weighted by molar-refractivity contribution is 5.84. The van der Waals surface area contributed by atoms with Crippen molar-refractivity contribution in [1.82, 2.24) is 0 Å². The van der Waals surface area contributed by atoms with Gasteiger partial charge in [0.25, 0.3) is 0 Å². The molecule has 3 nitrogen and oxygen atoms in total. The maximum atomic E-state index is 10.6. The molecule has 0 spiro atoms. The van der Waals surface area contributed by atoms with Crippen molar-refractivity contribution in [2.45, 2.75) is 32.6 Å². The third-order valence-corrected chi connectivity index (χ3v) is 1.69. The Morgan fingerprint density at radius 2 is 2.21 bits per heavy atom. The standard InChI is InChI=1S/C11H18O3/c1-3-5-7-9-14-10(11(12)13)8-6-4-2/h4,8H,2-3,5-7,9H2,1H3,(H,12,13)/b10-8+. The Morgan fingerprint density at radius 3 is 2.71 bits per heavy atom. The van der Waals surface area contributed by atoms with Gasteiger partial charge in [0.1, 0.15) is 0 Å². The molecule has 0 aliphatic heterocycles. The first-order valence-electron chi connectivity index (χ1n) is 4.89. The van der Waals surface area contributed by atoms with Crippen LogP contribution in [0.3, 0.4) is 0 Å². The molecule has 0 aliphatic carbocycles. The van der Waals surface area contributed by atoms with Crippen molar-refractivity contribution in [3.63, 3.8) is 0 Å². The molecule has 0 rings (SSSR count). The van der Waals surface area contributed by atoms with Crippen LogP contribution in [0.25, 0.3) is 0 Å². The number of allylic oxidation sites excluding steroid dienone is 2. The Bertz CT molecular complexity index is 207. The Labute approximate surface area is 85.1 Å². The van der Waals surface area contributed by atoms with Crippen LogP contribution in [-0.4, -0.2) is 17.7 Å². The molecule has 0 radical (unpaired) electrons. The van der Waals surface area contributed by atoms with E-state index < -0.39 is 5.97 Å². The molecular weight excluding hydrogens is 180 g/mol. The van der Waals surface area contributed by atoms with Crippen LogP contribution in [0.15, 0.2) is 24.5 Å². The van der Waals surface area contributed by atoms with Gasteiger partial charge >= 0.3 is 5.97 Å². The van der Waals surface area contributed by atoms with E-state index >= 15 is 0 Å². The minimum absolute atomic E-state index is 0.0287. The predicted octanol–water partition coefficient (Wildman–Crippen LogP) is 2.74. The van der Waals surface area contributed by atoms with Crippen LogP contribution in [-0.2, 0) is 9.53 Å². The fourth-order valence-electron chi connectivity index (χ4n) is 0.933. The van der Waals surface area contributed by atoms with Gasteiger partial charge in [-0.25, -0.2) is 4.79 Å². The third-order valence-electron chi connectivity index (χ3n) is 1.69. The average molecular weight is 198 g/mol. The maximum absolute atomic E-state index is 10.6. The lowest BCUT2D eigenvalue weighted by atomic mass is 10.3. The van der Waals surface area contributed by atoms with Gasteiger partial charge in [0, 0.05) is 0 Å². The third kappa shape index (κ3) is 6.29. The molecule has 80 valence electrons. The number of aliphatic carboxylic acids is 1. The van der Waals surface area contributed by atoms with E-state index in [4.69, 9.17) is 9.84 Å². The molecule has 3 heteroatoms. The van der Waals surface area contributed by atoms with Crippen LogP contribution >= 0.6 is 0 Å². The molecule has 0 atom stereocenters. The van der Waals surface area contributed by atoms with Gasteiger partial charge in [-0.3, -0.25) is 0 Å². The molecular formula is C11H18O3. The minimum Gasteiger partial charge on any atom is -0.487 e. The van der Waals surface area contributed by atoms with E-state index in [-0.39, 0.29) is 5.76 Å². The smallest absolute Gasteiger partial charge is 0.370 e. The van der Waals surface area contributed by atoms with E-state index in [1.165, 1.54) is 6.08 Å². The molecule has 0 aromatic heterocycles. The van der Waals surface area contributed by atoms with Crippen molar-refractivity contribution < 1.29 is 14.6 Å². The van der Waals surface area contributed by atoms with Gasteiger partial charge < -0.3 is 9.84 Å². The first-order chi connectivity index (χ1) is 6.72. The zero-order chi connectivity index (χ0) is 10.8. The molecule has 0 saturated heterocycles. The van der Waals surface area contributed by atoms with Gasteiger partial charge in [-0.1, -0.05) is 25.8 Å². The van der Waals surface area contributed by atoms with Crippen LogP contribution in [0.5, 0.6) is 0 Å². The van der Waals surface area contributed by atoms with Gasteiger partial charge in [0.05, 0.1) is 6.61 Å². The fourth-order valence-corrected chi connectivity index (χ4v) is 0.933. The lowest BCUT2D eigenvalue weighted by Crippen LogP contribution is -2.06. The topological polar surface area (TPSA) is 46.5 Å². The Balaban J connectivity index is 3.85. The SMILES string of the molecule is C=CC/C=C(/OCCCCC)C(=O)O. The summed E-state index contributed by atoms with van der Waals surface area (Å²) in [6.45, 7) is 6.07. The number of ether oxygens (including phenoxy) is 1. The summed E-state index contributed by atoms with van der Waals surface area (Å²) < 4.78 is 5.12. The molecule has 0 amide bonds. The summed E-state index contributed by atoms with van der Waals surface area (Å²) >= 11 is 0. The Morgan fingerprint density at radius 1 is 1.50 bits per heavy atom. The van der Waals surface area contributed by atoms with Crippen LogP contribution < -0.4 is 0 Å². The molecule has 0 heterocycles. The molecule has 0 aromatic rings. The van der Waals surface area contributed by atoms with E-state index in [2.05, 4.69) is 13.5 Å². The Kier molecular flexibility index (Phi) is 7.61. The molecule has 0 aliphatic rings. The number of hydrogen-bond acceptors (Lipinski definition) is 2. The molecule has 0 unspecified atom stereocenters. The predicted molar refractivity (Wildman–Crippen MR) is 56.0 cm³/mol. The Hall–Kier alpha value is -1.25. The second kappa shape index (κ2) is 8.35. The van der Waals surface area contributed by atoms with E-state index in [0.717, 1.165) is 19.3 Å². The minimum atomic E-state index is -1.01. The lowest BCUT2D eigenvalue weighted by Gasteiger charge is -2.05. The normalized spacial score (nSPS) is 11.1. The average Bonchev–Trinajstić information content (AvgIpc) is 2.16. The van der Waals surface area contributed by atoms with E-state index in [0.29, 0.717) is 13.0 Å². The number of hydrogen-bond donors (Lipinski definition) is 1. The molecule has 0 bridgehead atoms. The molecule has 1 N–H and O–H groups in total. The lowest BCUT2D eigenvalue weighted by molar-refractivity contribution is -0.136. The van der Waals surface area contributed by atoms with Crippen molar-refractivity contribution >= 4 is 5.97 Å².